The van der Waals surface area contributed by atoms with Crippen molar-refractivity contribution in [3.05, 3.63) is 35.4 Å². The molecule has 2 nitrogen and oxygen atoms in total. The van der Waals surface area contributed by atoms with Crippen LogP contribution in [0.15, 0.2) is 24.3 Å². The standard InChI is InChI=1S/C12H19NO/c1-9(13)10-6-4-5-7-11(10)12(2,3)8-14/h4-7,9,14H,8,13H2,1-3H3. The summed E-state index contributed by atoms with van der Waals surface area (Å²) in [7, 11) is 0. The molecular formula is C12H19NO. The lowest BCUT2D eigenvalue weighted by Crippen LogP contribution is -2.25. The van der Waals surface area contributed by atoms with E-state index in [2.05, 4.69) is 0 Å². The van der Waals surface area contributed by atoms with E-state index in [4.69, 9.17) is 5.73 Å². The van der Waals surface area contributed by atoms with Crippen molar-refractivity contribution in [2.24, 2.45) is 5.73 Å². The molecule has 0 spiro atoms. The van der Waals surface area contributed by atoms with Crippen LogP contribution < -0.4 is 5.73 Å². The van der Waals surface area contributed by atoms with Crippen LogP contribution in [0.25, 0.3) is 0 Å². The molecule has 0 aliphatic rings. The lowest BCUT2D eigenvalue weighted by molar-refractivity contribution is 0.217. The first kappa shape index (κ1) is 11.2. The highest BCUT2D eigenvalue weighted by Crippen LogP contribution is 2.28. The molecule has 78 valence electrons. The third kappa shape index (κ3) is 2.14. The first-order valence-electron chi connectivity index (χ1n) is 4.95. The van der Waals surface area contributed by atoms with Gasteiger partial charge in [0.15, 0.2) is 0 Å². The van der Waals surface area contributed by atoms with Crippen LogP contribution in [0.1, 0.15) is 37.9 Å². The van der Waals surface area contributed by atoms with Gasteiger partial charge in [-0.3, -0.25) is 0 Å². The van der Waals surface area contributed by atoms with Crippen LogP contribution in [0.2, 0.25) is 0 Å². The molecule has 3 N–H and O–H groups in total. The monoisotopic (exact) mass is 193 g/mol. The van der Waals surface area contributed by atoms with Crippen LogP contribution in [-0.4, -0.2) is 11.7 Å². The van der Waals surface area contributed by atoms with Gasteiger partial charge in [0.2, 0.25) is 0 Å². The number of hydrogen-bond donors (Lipinski definition) is 2. The molecule has 0 fully saturated rings. The minimum Gasteiger partial charge on any atom is -0.395 e. The SMILES string of the molecule is CC(N)c1ccccc1C(C)(C)CO. The Morgan fingerprint density at radius 1 is 1.36 bits per heavy atom. The third-order valence-corrected chi connectivity index (χ3v) is 2.58. The van der Waals surface area contributed by atoms with E-state index in [0.717, 1.165) is 11.1 Å². The molecule has 0 radical (unpaired) electrons. The van der Waals surface area contributed by atoms with Crippen molar-refractivity contribution in [3.8, 4) is 0 Å². The average molecular weight is 193 g/mol. The molecule has 0 aromatic heterocycles. The molecule has 1 aromatic rings. The molecule has 0 heterocycles. The Morgan fingerprint density at radius 3 is 2.43 bits per heavy atom. The summed E-state index contributed by atoms with van der Waals surface area (Å²) in [6.45, 7) is 6.14. The summed E-state index contributed by atoms with van der Waals surface area (Å²) in [6.07, 6.45) is 0. The number of hydrogen-bond acceptors (Lipinski definition) is 2. The van der Waals surface area contributed by atoms with Crippen molar-refractivity contribution >= 4 is 0 Å². The maximum absolute atomic E-state index is 9.31. The Kier molecular flexibility index (Phi) is 3.29. The van der Waals surface area contributed by atoms with E-state index in [1.54, 1.807) is 0 Å². The lowest BCUT2D eigenvalue weighted by atomic mass is 9.81. The number of aliphatic hydroxyl groups excluding tert-OH is 1. The van der Waals surface area contributed by atoms with Crippen LogP contribution in [0.5, 0.6) is 0 Å². The molecule has 0 amide bonds. The molecule has 0 aliphatic carbocycles. The number of nitrogens with two attached hydrogens (primary N) is 1. The highest BCUT2D eigenvalue weighted by atomic mass is 16.3. The van der Waals surface area contributed by atoms with Gasteiger partial charge in [-0.2, -0.15) is 0 Å². The van der Waals surface area contributed by atoms with E-state index in [1.165, 1.54) is 0 Å². The number of aliphatic hydroxyl groups is 1. The largest absolute Gasteiger partial charge is 0.395 e. The maximum atomic E-state index is 9.31. The first-order chi connectivity index (χ1) is 6.49. The Morgan fingerprint density at radius 2 is 1.93 bits per heavy atom. The van der Waals surface area contributed by atoms with Crippen LogP contribution in [0.3, 0.4) is 0 Å². The molecule has 1 aromatic carbocycles. The quantitative estimate of drug-likeness (QED) is 0.771. The van der Waals surface area contributed by atoms with Crippen molar-refractivity contribution in [2.75, 3.05) is 6.61 Å². The fraction of sp³-hybridized carbons (Fsp3) is 0.500. The summed E-state index contributed by atoms with van der Waals surface area (Å²) in [5, 5.41) is 9.31. The summed E-state index contributed by atoms with van der Waals surface area (Å²) in [5.41, 5.74) is 7.92. The normalized spacial score (nSPS) is 14.1. The van der Waals surface area contributed by atoms with Gasteiger partial charge in [0.1, 0.15) is 0 Å². The Balaban J connectivity index is 3.20. The zero-order chi connectivity index (χ0) is 10.8. The predicted octanol–water partition coefficient (Wildman–Crippen LogP) is 1.98. The fourth-order valence-corrected chi connectivity index (χ4v) is 1.60. The molecular weight excluding hydrogens is 174 g/mol. The third-order valence-electron chi connectivity index (χ3n) is 2.58. The maximum Gasteiger partial charge on any atom is 0.0522 e. The van der Waals surface area contributed by atoms with Gasteiger partial charge in [-0.15, -0.1) is 0 Å². The molecule has 0 saturated carbocycles. The highest BCUT2D eigenvalue weighted by Gasteiger charge is 2.23. The van der Waals surface area contributed by atoms with Gasteiger partial charge in [0.25, 0.3) is 0 Å². The van der Waals surface area contributed by atoms with Crippen LogP contribution >= 0.6 is 0 Å². The Bertz CT molecular complexity index is 305. The van der Waals surface area contributed by atoms with Gasteiger partial charge in [-0.25, -0.2) is 0 Å². The zero-order valence-electron chi connectivity index (χ0n) is 9.12. The van der Waals surface area contributed by atoms with Crippen LogP contribution in [-0.2, 0) is 5.41 Å². The van der Waals surface area contributed by atoms with E-state index >= 15 is 0 Å². The summed E-state index contributed by atoms with van der Waals surface area (Å²) in [5.74, 6) is 0. The van der Waals surface area contributed by atoms with E-state index in [0.29, 0.717) is 0 Å². The van der Waals surface area contributed by atoms with Crippen LogP contribution in [0.4, 0.5) is 0 Å². The minimum absolute atomic E-state index is 0.0111. The number of benzene rings is 1. The van der Waals surface area contributed by atoms with Gasteiger partial charge in [-0.05, 0) is 18.1 Å². The zero-order valence-corrected chi connectivity index (χ0v) is 9.12. The molecule has 1 unspecified atom stereocenters. The summed E-state index contributed by atoms with van der Waals surface area (Å²) in [4.78, 5) is 0. The molecule has 0 aliphatic heterocycles. The smallest absolute Gasteiger partial charge is 0.0522 e. The molecule has 1 atom stereocenters. The van der Waals surface area contributed by atoms with E-state index in [-0.39, 0.29) is 18.1 Å². The van der Waals surface area contributed by atoms with Crippen molar-refractivity contribution in [3.63, 3.8) is 0 Å². The second-order valence-electron chi connectivity index (χ2n) is 4.42. The lowest BCUT2D eigenvalue weighted by Gasteiger charge is -2.26. The summed E-state index contributed by atoms with van der Waals surface area (Å²) >= 11 is 0. The Hall–Kier alpha value is -0.860. The molecule has 0 bridgehead atoms. The average Bonchev–Trinajstić information content (AvgIpc) is 2.18. The molecule has 0 saturated heterocycles. The van der Waals surface area contributed by atoms with Crippen molar-refractivity contribution < 1.29 is 5.11 Å². The van der Waals surface area contributed by atoms with E-state index in [1.807, 2.05) is 45.0 Å². The summed E-state index contributed by atoms with van der Waals surface area (Å²) in [6, 6.07) is 8.04. The van der Waals surface area contributed by atoms with Gasteiger partial charge >= 0.3 is 0 Å². The predicted molar refractivity (Wildman–Crippen MR) is 59.2 cm³/mol. The second kappa shape index (κ2) is 4.11. The first-order valence-corrected chi connectivity index (χ1v) is 4.95. The van der Waals surface area contributed by atoms with Crippen molar-refractivity contribution in [2.45, 2.75) is 32.2 Å². The second-order valence-corrected chi connectivity index (χ2v) is 4.42. The number of rotatable bonds is 3. The van der Waals surface area contributed by atoms with Gasteiger partial charge in [0.05, 0.1) is 6.61 Å². The fourth-order valence-electron chi connectivity index (χ4n) is 1.60. The van der Waals surface area contributed by atoms with Crippen molar-refractivity contribution in [1.82, 2.24) is 0 Å². The van der Waals surface area contributed by atoms with E-state index in [9.17, 15) is 5.11 Å². The van der Waals surface area contributed by atoms with Crippen molar-refractivity contribution in [1.29, 1.82) is 0 Å². The highest BCUT2D eigenvalue weighted by molar-refractivity contribution is 5.35. The topological polar surface area (TPSA) is 46.2 Å². The molecule has 14 heavy (non-hydrogen) atoms. The Labute approximate surface area is 85.8 Å². The summed E-state index contributed by atoms with van der Waals surface area (Å²) < 4.78 is 0. The van der Waals surface area contributed by atoms with Gasteiger partial charge in [-0.1, -0.05) is 38.1 Å². The van der Waals surface area contributed by atoms with E-state index < -0.39 is 0 Å². The minimum atomic E-state index is -0.218. The van der Waals surface area contributed by atoms with Crippen LogP contribution in [0, 0.1) is 0 Å². The molecule has 1 rings (SSSR count). The molecule has 2 heteroatoms. The van der Waals surface area contributed by atoms with Gasteiger partial charge in [0, 0.05) is 11.5 Å². The van der Waals surface area contributed by atoms with Gasteiger partial charge < -0.3 is 10.8 Å².